The van der Waals surface area contributed by atoms with Crippen LogP contribution in [0.5, 0.6) is 0 Å². The van der Waals surface area contributed by atoms with Gasteiger partial charge in [0.25, 0.3) is 5.91 Å². The number of aromatic nitrogens is 5. The van der Waals surface area contributed by atoms with Crippen molar-refractivity contribution < 1.29 is 22.8 Å². The molecule has 0 aliphatic carbocycles. The van der Waals surface area contributed by atoms with Gasteiger partial charge in [0.05, 0.1) is 18.1 Å². The number of pyridine rings is 1. The molecule has 4 heterocycles. The zero-order chi connectivity index (χ0) is 24.8. The molecule has 9 nitrogen and oxygen atoms in total. The number of thiophene rings is 1. The van der Waals surface area contributed by atoms with Gasteiger partial charge in [-0.15, -0.1) is 11.3 Å². The van der Waals surface area contributed by atoms with E-state index >= 15 is 0 Å². The summed E-state index contributed by atoms with van der Waals surface area (Å²) in [6.07, 6.45) is 0.153. The molecule has 0 radical (unpaired) electrons. The number of hydrogen-bond donors (Lipinski definition) is 2. The maximum absolute atomic E-state index is 13.6. The Kier molecular flexibility index (Phi) is 5.89. The summed E-state index contributed by atoms with van der Waals surface area (Å²) in [4.78, 5) is 28.5. The minimum atomic E-state index is -4.72. The highest BCUT2D eigenvalue weighted by Gasteiger charge is 2.35. The lowest BCUT2D eigenvalue weighted by molar-refractivity contribution is -0.140. The first-order valence-electron chi connectivity index (χ1n) is 10.1. The molecule has 0 aromatic carbocycles. The van der Waals surface area contributed by atoms with E-state index in [-0.39, 0.29) is 39.3 Å². The van der Waals surface area contributed by atoms with Gasteiger partial charge in [0, 0.05) is 42.9 Å². The third kappa shape index (κ3) is 4.38. The lowest BCUT2D eigenvalue weighted by Crippen LogP contribution is -2.18. The van der Waals surface area contributed by atoms with E-state index in [4.69, 9.17) is 5.73 Å². The standard InChI is InChI=1S/C21H20F3N7O2S/c1-10-7-27-31(9-10)5-4-15(32)29-17-16-12(13-8-26-30(3)11(13)2)6-14(21(22,23)24)28-20(16)34-18(17)19(25)33/h6-9H,4-5H2,1-3H3,(H2,25,33)(H,29,32). The van der Waals surface area contributed by atoms with Crippen LogP contribution < -0.4 is 11.1 Å². The van der Waals surface area contributed by atoms with Crippen LogP contribution in [0.15, 0.2) is 24.7 Å². The molecule has 0 atom stereocenters. The lowest BCUT2D eigenvalue weighted by Gasteiger charge is -2.12. The molecule has 3 N–H and O–H groups in total. The SMILES string of the molecule is Cc1cnn(CCC(=O)Nc2c(C(N)=O)sc3nc(C(F)(F)F)cc(-c4cnn(C)c4C)c23)c1. The third-order valence-electron chi connectivity index (χ3n) is 5.30. The number of nitrogens with two attached hydrogens (primary N) is 1. The Bertz CT molecular complexity index is 1420. The number of alkyl halides is 3. The van der Waals surface area contributed by atoms with E-state index in [0.29, 0.717) is 22.6 Å². The number of nitrogens with one attached hydrogen (secondary N) is 1. The molecule has 0 fully saturated rings. The Morgan fingerprint density at radius 2 is 1.91 bits per heavy atom. The van der Waals surface area contributed by atoms with Crippen LogP contribution in [0, 0.1) is 13.8 Å². The summed E-state index contributed by atoms with van der Waals surface area (Å²) >= 11 is 0.698. The Morgan fingerprint density at radius 3 is 2.47 bits per heavy atom. The van der Waals surface area contributed by atoms with Crippen molar-refractivity contribution in [3.05, 3.63) is 46.5 Å². The maximum atomic E-state index is 13.6. The lowest BCUT2D eigenvalue weighted by atomic mass is 10.0. The second-order valence-electron chi connectivity index (χ2n) is 7.75. The maximum Gasteiger partial charge on any atom is 0.433 e. The van der Waals surface area contributed by atoms with Crippen molar-refractivity contribution in [3.8, 4) is 11.1 Å². The average molecular weight is 491 g/mol. The molecule has 0 unspecified atom stereocenters. The number of anilines is 1. The molecular weight excluding hydrogens is 471 g/mol. The van der Waals surface area contributed by atoms with Crippen LogP contribution in [0.1, 0.15) is 33.0 Å². The molecule has 0 bridgehead atoms. The van der Waals surface area contributed by atoms with Crippen LogP contribution in [-0.2, 0) is 24.6 Å². The first kappa shape index (κ1) is 23.4. The molecule has 34 heavy (non-hydrogen) atoms. The number of amides is 2. The summed E-state index contributed by atoms with van der Waals surface area (Å²) < 4.78 is 43.9. The summed E-state index contributed by atoms with van der Waals surface area (Å²) in [5.74, 6) is -1.34. The summed E-state index contributed by atoms with van der Waals surface area (Å²) in [6.45, 7) is 3.84. The van der Waals surface area contributed by atoms with Crippen molar-refractivity contribution in [3.63, 3.8) is 0 Å². The first-order valence-corrected chi connectivity index (χ1v) is 10.9. The number of fused-ring (bicyclic) bond motifs is 1. The van der Waals surface area contributed by atoms with Gasteiger partial charge in [-0.25, -0.2) is 4.98 Å². The van der Waals surface area contributed by atoms with Gasteiger partial charge in [-0.3, -0.25) is 19.0 Å². The van der Waals surface area contributed by atoms with Crippen LogP contribution in [-0.4, -0.2) is 36.4 Å². The van der Waals surface area contributed by atoms with Crippen molar-refractivity contribution >= 4 is 39.1 Å². The summed E-state index contributed by atoms with van der Waals surface area (Å²) in [6, 6.07) is 0.895. The Labute approximate surface area is 195 Å². The van der Waals surface area contributed by atoms with Gasteiger partial charge in [-0.2, -0.15) is 23.4 Å². The monoisotopic (exact) mass is 491 g/mol. The molecule has 0 spiro atoms. The minimum Gasteiger partial charge on any atom is -0.365 e. The molecule has 0 aliphatic heterocycles. The second kappa shape index (κ2) is 8.56. The van der Waals surface area contributed by atoms with Gasteiger partial charge in [0.15, 0.2) is 0 Å². The molecule has 13 heteroatoms. The van der Waals surface area contributed by atoms with Gasteiger partial charge < -0.3 is 11.1 Å². The highest BCUT2D eigenvalue weighted by atomic mass is 32.1. The number of nitrogens with zero attached hydrogens (tertiary/aromatic N) is 5. The van der Waals surface area contributed by atoms with Crippen LogP contribution in [0.2, 0.25) is 0 Å². The zero-order valence-electron chi connectivity index (χ0n) is 18.4. The van der Waals surface area contributed by atoms with E-state index in [1.165, 1.54) is 10.9 Å². The van der Waals surface area contributed by atoms with E-state index in [9.17, 15) is 22.8 Å². The van der Waals surface area contributed by atoms with E-state index < -0.39 is 23.7 Å². The van der Waals surface area contributed by atoms with E-state index in [0.717, 1.165) is 11.6 Å². The predicted octanol–water partition coefficient (Wildman–Crippen LogP) is 3.66. The quantitative estimate of drug-likeness (QED) is 0.427. The largest absolute Gasteiger partial charge is 0.433 e. The molecule has 0 saturated heterocycles. The van der Waals surface area contributed by atoms with Crippen molar-refractivity contribution in [1.29, 1.82) is 0 Å². The summed E-state index contributed by atoms with van der Waals surface area (Å²) in [5.41, 5.74) is 6.51. The normalized spacial score (nSPS) is 11.8. The number of carbonyl (C=O) groups excluding carboxylic acids is 2. The minimum absolute atomic E-state index is 0.0198. The van der Waals surface area contributed by atoms with Crippen molar-refractivity contribution in [2.24, 2.45) is 12.8 Å². The van der Waals surface area contributed by atoms with Gasteiger partial charge in [-0.1, -0.05) is 0 Å². The zero-order valence-corrected chi connectivity index (χ0v) is 19.2. The van der Waals surface area contributed by atoms with Gasteiger partial charge in [0.2, 0.25) is 5.91 Å². The number of primary amides is 1. The highest BCUT2D eigenvalue weighted by molar-refractivity contribution is 7.21. The fourth-order valence-electron chi connectivity index (χ4n) is 3.52. The van der Waals surface area contributed by atoms with Crippen LogP contribution in [0.4, 0.5) is 18.9 Å². The topological polar surface area (TPSA) is 121 Å². The molecule has 0 saturated carbocycles. The van der Waals surface area contributed by atoms with Crippen molar-refractivity contribution in [2.45, 2.75) is 33.0 Å². The Balaban J connectivity index is 1.84. The smallest absolute Gasteiger partial charge is 0.365 e. The van der Waals surface area contributed by atoms with Crippen LogP contribution in [0.25, 0.3) is 21.3 Å². The number of halogens is 3. The van der Waals surface area contributed by atoms with Crippen molar-refractivity contribution in [2.75, 3.05) is 5.32 Å². The predicted molar refractivity (Wildman–Crippen MR) is 120 cm³/mol. The third-order valence-corrected chi connectivity index (χ3v) is 6.39. The molecule has 2 amide bonds. The molecule has 4 aromatic heterocycles. The fourth-order valence-corrected chi connectivity index (χ4v) is 4.53. The molecule has 4 aromatic rings. The van der Waals surface area contributed by atoms with Gasteiger partial charge in [0.1, 0.15) is 15.4 Å². The molecule has 178 valence electrons. The average Bonchev–Trinajstić information content (AvgIpc) is 3.43. The van der Waals surface area contributed by atoms with E-state index in [2.05, 4.69) is 20.5 Å². The molecular formula is C21H20F3N7O2S. The van der Waals surface area contributed by atoms with Gasteiger partial charge >= 0.3 is 6.18 Å². The Hall–Kier alpha value is -3.74. The first-order chi connectivity index (χ1) is 16.0. The second-order valence-corrected chi connectivity index (χ2v) is 8.75. The van der Waals surface area contributed by atoms with Crippen LogP contribution >= 0.6 is 11.3 Å². The molecule has 4 rings (SSSR count). The van der Waals surface area contributed by atoms with E-state index in [1.807, 2.05) is 6.92 Å². The number of carbonyl (C=O) groups is 2. The molecule has 0 aliphatic rings. The highest BCUT2D eigenvalue weighted by Crippen LogP contribution is 2.44. The van der Waals surface area contributed by atoms with Crippen molar-refractivity contribution in [1.82, 2.24) is 24.5 Å². The van der Waals surface area contributed by atoms with Crippen LogP contribution in [0.3, 0.4) is 0 Å². The fraction of sp³-hybridized carbons (Fsp3) is 0.286. The number of aryl methyl sites for hydroxylation is 3. The number of rotatable bonds is 6. The van der Waals surface area contributed by atoms with Gasteiger partial charge in [-0.05, 0) is 31.0 Å². The number of hydrogen-bond acceptors (Lipinski definition) is 6. The summed E-state index contributed by atoms with van der Waals surface area (Å²) in [7, 11) is 1.66. The summed E-state index contributed by atoms with van der Waals surface area (Å²) in [5, 5.41) is 11.1. The Morgan fingerprint density at radius 1 is 1.18 bits per heavy atom. The van der Waals surface area contributed by atoms with E-state index in [1.54, 1.807) is 31.0 Å².